The predicted molar refractivity (Wildman–Crippen MR) is 86.9 cm³/mol. The van der Waals surface area contributed by atoms with Crippen molar-refractivity contribution in [1.82, 2.24) is 10.1 Å². The van der Waals surface area contributed by atoms with Gasteiger partial charge in [0.25, 0.3) is 5.91 Å². The minimum Gasteiger partial charge on any atom is -0.383 e. The minimum atomic E-state index is -0.976. The number of nitrogens with zero attached hydrogens (tertiary/aromatic N) is 2. The van der Waals surface area contributed by atoms with Crippen LogP contribution in [0.5, 0.6) is 0 Å². The van der Waals surface area contributed by atoms with E-state index in [0.717, 1.165) is 22.6 Å². The second-order valence-corrected chi connectivity index (χ2v) is 6.57. The molecule has 0 bridgehead atoms. The summed E-state index contributed by atoms with van der Waals surface area (Å²) < 4.78 is 5.42. The molecule has 1 unspecified atom stereocenters. The first kappa shape index (κ1) is 16.0. The van der Waals surface area contributed by atoms with Crippen molar-refractivity contribution in [2.45, 2.75) is 32.9 Å². The summed E-state index contributed by atoms with van der Waals surface area (Å²) in [7, 11) is 0. The molecule has 0 radical (unpaired) electrons. The SMILES string of the molecule is CC(C)C(O)C(=O)N1CCc2onc(-c3ccc(Cl)cc3)c2C1. The van der Waals surface area contributed by atoms with E-state index < -0.39 is 6.10 Å². The van der Waals surface area contributed by atoms with E-state index in [-0.39, 0.29) is 11.8 Å². The summed E-state index contributed by atoms with van der Waals surface area (Å²) in [4.78, 5) is 14.0. The Morgan fingerprint density at radius 2 is 2.04 bits per heavy atom. The summed E-state index contributed by atoms with van der Waals surface area (Å²) in [5.41, 5.74) is 2.54. The van der Waals surface area contributed by atoms with E-state index in [1.165, 1.54) is 0 Å². The van der Waals surface area contributed by atoms with Gasteiger partial charge in [0, 0.05) is 29.1 Å². The Labute approximate surface area is 139 Å². The zero-order valence-corrected chi connectivity index (χ0v) is 13.9. The molecule has 1 atom stereocenters. The second-order valence-electron chi connectivity index (χ2n) is 6.14. The number of hydrogen-bond acceptors (Lipinski definition) is 4. The van der Waals surface area contributed by atoms with Crippen molar-refractivity contribution in [2.75, 3.05) is 6.54 Å². The Morgan fingerprint density at radius 3 is 2.70 bits per heavy atom. The molecule has 5 nitrogen and oxygen atoms in total. The first-order valence-electron chi connectivity index (χ1n) is 7.67. The molecule has 122 valence electrons. The van der Waals surface area contributed by atoms with Gasteiger partial charge in [-0.3, -0.25) is 4.79 Å². The molecule has 1 aromatic carbocycles. The molecular weight excluding hydrogens is 316 g/mol. The fourth-order valence-corrected chi connectivity index (χ4v) is 2.83. The lowest BCUT2D eigenvalue weighted by atomic mass is 9.99. The average molecular weight is 335 g/mol. The molecule has 3 rings (SSSR count). The lowest BCUT2D eigenvalue weighted by Gasteiger charge is -2.29. The van der Waals surface area contributed by atoms with E-state index in [0.29, 0.717) is 24.5 Å². The Kier molecular flexibility index (Phi) is 4.41. The van der Waals surface area contributed by atoms with Crippen LogP contribution in [0.4, 0.5) is 0 Å². The maximum absolute atomic E-state index is 12.4. The predicted octanol–water partition coefficient (Wildman–Crippen LogP) is 2.90. The molecule has 0 fully saturated rings. The Bertz CT molecular complexity index is 709. The Balaban J connectivity index is 1.87. The monoisotopic (exact) mass is 334 g/mol. The summed E-state index contributed by atoms with van der Waals surface area (Å²) in [6.07, 6.45) is -0.373. The lowest BCUT2D eigenvalue weighted by Crippen LogP contribution is -2.43. The van der Waals surface area contributed by atoms with E-state index in [9.17, 15) is 9.90 Å². The van der Waals surface area contributed by atoms with Crippen LogP contribution in [0.25, 0.3) is 11.3 Å². The molecule has 0 saturated carbocycles. The smallest absolute Gasteiger partial charge is 0.251 e. The number of benzene rings is 1. The van der Waals surface area contributed by atoms with Crippen LogP contribution in [-0.2, 0) is 17.8 Å². The van der Waals surface area contributed by atoms with Gasteiger partial charge >= 0.3 is 0 Å². The standard InChI is InChI=1S/C17H19ClN2O3/c1-10(2)16(21)17(22)20-8-7-14-13(9-20)15(19-23-14)11-3-5-12(18)6-4-11/h3-6,10,16,21H,7-9H2,1-2H3. The maximum Gasteiger partial charge on any atom is 0.251 e. The van der Waals surface area contributed by atoms with Crippen LogP contribution in [0.1, 0.15) is 25.2 Å². The van der Waals surface area contributed by atoms with Crippen molar-refractivity contribution in [3.05, 3.63) is 40.6 Å². The fourth-order valence-electron chi connectivity index (χ4n) is 2.70. The van der Waals surface area contributed by atoms with Crippen LogP contribution in [0, 0.1) is 5.92 Å². The lowest BCUT2D eigenvalue weighted by molar-refractivity contribution is -0.143. The minimum absolute atomic E-state index is 0.109. The topological polar surface area (TPSA) is 66.6 Å². The van der Waals surface area contributed by atoms with Gasteiger partial charge in [-0.05, 0) is 18.1 Å². The molecule has 1 N–H and O–H groups in total. The molecule has 0 saturated heterocycles. The number of carbonyl (C=O) groups is 1. The third-order valence-electron chi connectivity index (χ3n) is 4.14. The normalized spacial score (nSPS) is 15.6. The van der Waals surface area contributed by atoms with Crippen LogP contribution in [0.3, 0.4) is 0 Å². The summed E-state index contributed by atoms with van der Waals surface area (Å²) in [5.74, 6) is 0.453. The molecule has 1 amide bonds. The molecule has 0 spiro atoms. The highest BCUT2D eigenvalue weighted by molar-refractivity contribution is 6.30. The summed E-state index contributed by atoms with van der Waals surface area (Å²) in [5, 5.41) is 14.8. The summed E-state index contributed by atoms with van der Waals surface area (Å²) in [6, 6.07) is 7.35. The van der Waals surface area contributed by atoms with Gasteiger partial charge in [-0.1, -0.05) is 42.7 Å². The molecule has 0 aliphatic carbocycles. The number of aromatic nitrogens is 1. The third-order valence-corrected chi connectivity index (χ3v) is 4.39. The molecule has 6 heteroatoms. The third kappa shape index (κ3) is 3.12. The highest BCUT2D eigenvalue weighted by atomic mass is 35.5. The molecule has 1 aliphatic rings. The fraction of sp³-hybridized carbons (Fsp3) is 0.412. The first-order valence-corrected chi connectivity index (χ1v) is 8.05. The number of carbonyl (C=O) groups excluding carboxylic acids is 1. The number of amides is 1. The van der Waals surface area contributed by atoms with Crippen molar-refractivity contribution < 1.29 is 14.4 Å². The first-order chi connectivity index (χ1) is 11.0. The van der Waals surface area contributed by atoms with Crippen LogP contribution in [-0.4, -0.2) is 33.7 Å². The van der Waals surface area contributed by atoms with Gasteiger partial charge in [-0.2, -0.15) is 0 Å². The maximum atomic E-state index is 12.4. The van der Waals surface area contributed by atoms with Gasteiger partial charge in [0.2, 0.25) is 0 Å². The van der Waals surface area contributed by atoms with Gasteiger partial charge < -0.3 is 14.5 Å². The van der Waals surface area contributed by atoms with Crippen molar-refractivity contribution in [1.29, 1.82) is 0 Å². The molecule has 1 aliphatic heterocycles. The van der Waals surface area contributed by atoms with E-state index in [1.807, 2.05) is 26.0 Å². The number of rotatable bonds is 3. The average Bonchev–Trinajstić information content (AvgIpc) is 2.97. The second kappa shape index (κ2) is 6.34. The van der Waals surface area contributed by atoms with E-state index in [2.05, 4.69) is 5.16 Å². The van der Waals surface area contributed by atoms with Crippen molar-refractivity contribution in [2.24, 2.45) is 5.92 Å². The summed E-state index contributed by atoms with van der Waals surface area (Å²) >= 11 is 5.92. The Morgan fingerprint density at radius 1 is 1.35 bits per heavy atom. The number of halogens is 1. The highest BCUT2D eigenvalue weighted by Crippen LogP contribution is 2.31. The van der Waals surface area contributed by atoms with Gasteiger partial charge in [0.15, 0.2) is 0 Å². The number of aliphatic hydroxyl groups excluding tert-OH is 1. The van der Waals surface area contributed by atoms with E-state index in [4.69, 9.17) is 16.1 Å². The van der Waals surface area contributed by atoms with Gasteiger partial charge in [0.05, 0.1) is 6.54 Å². The van der Waals surface area contributed by atoms with Gasteiger partial charge in [0.1, 0.15) is 17.6 Å². The molecular formula is C17H19ClN2O3. The summed E-state index contributed by atoms with van der Waals surface area (Å²) in [6.45, 7) is 4.59. The van der Waals surface area contributed by atoms with Gasteiger partial charge in [-0.25, -0.2) is 0 Å². The zero-order chi connectivity index (χ0) is 16.6. The number of hydrogen-bond donors (Lipinski definition) is 1. The largest absolute Gasteiger partial charge is 0.383 e. The van der Waals surface area contributed by atoms with Crippen molar-refractivity contribution >= 4 is 17.5 Å². The quantitative estimate of drug-likeness (QED) is 0.937. The highest BCUT2D eigenvalue weighted by Gasteiger charge is 2.31. The van der Waals surface area contributed by atoms with Gasteiger partial charge in [-0.15, -0.1) is 0 Å². The van der Waals surface area contributed by atoms with Crippen LogP contribution >= 0.6 is 11.6 Å². The van der Waals surface area contributed by atoms with E-state index in [1.54, 1.807) is 17.0 Å². The van der Waals surface area contributed by atoms with Crippen molar-refractivity contribution in [3.8, 4) is 11.3 Å². The number of aliphatic hydroxyl groups is 1. The van der Waals surface area contributed by atoms with Crippen LogP contribution < -0.4 is 0 Å². The van der Waals surface area contributed by atoms with E-state index >= 15 is 0 Å². The van der Waals surface area contributed by atoms with Crippen molar-refractivity contribution in [3.63, 3.8) is 0 Å². The van der Waals surface area contributed by atoms with Crippen LogP contribution in [0.2, 0.25) is 5.02 Å². The molecule has 23 heavy (non-hydrogen) atoms. The zero-order valence-electron chi connectivity index (χ0n) is 13.1. The van der Waals surface area contributed by atoms with Crippen LogP contribution in [0.15, 0.2) is 28.8 Å². The molecule has 1 aromatic heterocycles. The Hall–Kier alpha value is -1.85. The molecule has 2 aromatic rings. The molecule has 2 heterocycles. The number of fused-ring (bicyclic) bond motifs is 1.